The summed E-state index contributed by atoms with van der Waals surface area (Å²) in [6, 6.07) is 8.13. The molecule has 0 fully saturated rings. The number of amides is 3. The molecular formula is C31H48N4O3S. The third kappa shape index (κ3) is 10.4. The number of nitrogens with two attached hydrogens (primary N) is 1. The van der Waals surface area contributed by atoms with Crippen molar-refractivity contribution in [2.45, 2.75) is 85.2 Å². The number of hydrogen-bond donors (Lipinski definition) is 3. The second kappa shape index (κ2) is 17.1. The molecule has 39 heavy (non-hydrogen) atoms. The summed E-state index contributed by atoms with van der Waals surface area (Å²) in [4.78, 5) is 41.1. The van der Waals surface area contributed by atoms with Gasteiger partial charge in [-0.3, -0.25) is 14.4 Å². The minimum absolute atomic E-state index is 0.00659. The fourth-order valence-corrected chi connectivity index (χ4v) is 5.41. The van der Waals surface area contributed by atoms with Gasteiger partial charge in [0.2, 0.25) is 5.91 Å². The molecule has 2 aromatic rings. The van der Waals surface area contributed by atoms with Crippen LogP contribution in [0.1, 0.15) is 93.0 Å². The number of nitrogens with zero attached hydrogens (tertiary/aromatic N) is 1. The summed E-state index contributed by atoms with van der Waals surface area (Å²) in [6.45, 7) is 12.3. The third-order valence-electron chi connectivity index (χ3n) is 7.31. The van der Waals surface area contributed by atoms with E-state index in [1.165, 1.54) is 0 Å². The van der Waals surface area contributed by atoms with Crippen LogP contribution in [0, 0.1) is 11.8 Å². The largest absolute Gasteiger partial charge is 0.356 e. The predicted octanol–water partition coefficient (Wildman–Crippen LogP) is 5.26. The van der Waals surface area contributed by atoms with Crippen LogP contribution in [-0.4, -0.2) is 54.3 Å². The molecule has 7 nitrogen and oxygen atoms in total. The van der Waals surface area contributed by atoms with Gasteiger partial charge in [0.05, 0.1) is 0 Å². The van der Waals surface area contributed by atoms with E-state index in [1.807, 2.05) is 42.5 Å². The van der Waals surface area contributed by atoms with Gasteiger partial charge >= 0.3 is 0 Å². The molecule has 2 rings (SSSR count). The quantitative estimate of drug-likeness (QED) is 0.247. The Bertz CT molecular complexity index is 1020. The summed E-state index contributed by atoms with van der Waals surface area (Å²) in [5.41, 5.74) is 8.66. The second-order valence-corrected chi connectivity index (χ2v) is 11.3. The van der Waals surface area contributed by atoms with Crippen LogP contribution < -0.4 is 16.4 Å². The van der Waals surface area contributed by atoms with Crippen molar-refractivity contribution in [2.75, 3.05) is 19.6 Å². The van der Waals surface area contributed by atoms with E-state index in [1.54, 1.807) is 35.6 Å². The molecule has 0 aliphatic heterocycles. The first-order chi connectivity index (χ1) is 18.7. The molecule has 8 heteroatoms. The van der Waals surface area contributed by atoms with Crippen LogP contribution >= 0.6 is 11.3 Å². The van der Waals surface area contributed by atoms with E-state index < -0.39 is 6.04 Å². The maximum atomic E-state index is 13.4. The highest BCUT2D eigenvalue weighted by Crippen LogP contribution is 2.17. The summed E-state index contributed by atoms with van der Waals surface area (Å²) in [7, 11) is 0. The molecule has 4 N–H and O–H groups in total. The van der Waals surface area contributed by atoms with Gasteiger partial charge < -0.3 is 21.3 Å². The normalized spacial score (nSPS) is 13.5. The SMILES string of the molecule is CCCN(CCC)C(=O)c1cccc(C(=O)N[C@@H](Cc2ccsc2)[C@@H](N)C[C@@H](C)C(=O)NCC(CC)CC)c1. The zero-order valence-electron chi connectivity index (χ0n) is 24.4. The van der Waals surface area contributed by atoms with E-state index in [2.05, 4.69) is 24.5 Å². The Morgan fingerprint density at radius 3 is 2.26 bits per heavy atom. The number of rotatable bonds is 17. The molecule has 0 aliphatic rings. The van der Waals surface area contributed by atoms with Gasteiger partial charge in [-0.15, -0.1) is 0 Å². The minimum atomic E-state index is -0.419. The van der Waals surface area contributed by atoms with Gasteiger partial charge in [0.25, 0.3) is 11.8 Å². The first kappa shape index (κ1) is 32.5. The van der Waals surface area contributed by atoms with Crippen LogP contribution in [0.3, 0.4) is 0 Å². The van der Waals surface area contributed by atoms with Crippen molar-refractivity contribution in [3.8, 4) is 0 Å². The Hall–Kier alpha value is -2.71. The maximum absolute atomic E-state index is 13.4. The van der Waals surface area contributed by atoms with Crippen LogP contribution in [0.5, 0.6) is 0 Å². The van der Waals surface area contributed by atoms with Crippen molar-refractivity contribution in [2.24, 2.45) is 17.6 Å². The standard InChI is InChI=1S/C31H48N4O3S/c1-6-14-35(15-7-2)31(38)26-12-10-11-25(19-26)30(37)34-28(18-24-13-16-39-21-24)27(32)17-22(5)29(36)33-20-23(8-3)9-4/h10-13,16,19,21-23,27-28H,6-9,14-15,17-18,20,32H2,1-5H3,(H,33,36)(H,34,37)/t22-,27+,28+/m1/s1. The summed E-state index contributed by atoms with van der Waals surface area (Å²) in [5.74, 6) is -0.149. The van der Waals surface area contributed by atoms with Crippen molar-refractivity contribution in [3.63, 3.8) is 0 Å². The van der Waals surface area contributed by atoms with Gasteiger partial charge in [0, 0.05) is 48.8 Å². The van der Waals surface area contributed by atoms with Crippen LogP contribution in [-0.2, 0) is 11.2 Å². The number of benzene rings is 1. The number of thiophene rings is 1. The monoisotopic (exact) mass is 556 g/mol. The summed E-state index contributed by atoms with van der Waals surface area (Å²) < 4.78 is 0. The van der Waals surface area contributed by atoms with E-state index in [4.69, 9.17) is 5.73 Å². The van der Waals surface area contributed by atoms with Crippen LogP contribution in [0.25, 0.3) is 0 Å². The first-order valence-electron chi connectivity index (χ1n) is 14.5. The first-order valence-corrected chi connectivity index (χ1v) is 15.4. The van der Waals surface area contributed by atoms with Crippen LogP contribution in [0.15, 0.2) is 41.1 Å². The fourth-order valence-electron chi connectivity index (χ4n) is 4.73. The van der Waals surface area contributed by atoms with Gasteiger partial charge in [0.15, 0.2) is 0 Å². The van der Waals surface area contributed by atoms with Gasteiger partial charge in [-0.25, -0.2) is 0 Å². The molecule has 0 saturated carbocycles. The molecule has 0 bridgehead atoms. The number of carbonyl (C=O) groups excluding carboxylic acids is 3. The van der Waals surface area contributed by atoms with Gasteiger partial charge in [-0.2, -0.15) is 11.3 Å². The molecule has 0 spiro atoms. The molecule has 3 amide bonds. The molecular weight excluding hydrogens is 508 g/mol. The Morgan fingerprint density at radius 1 is 1.00 bits per heavy atom. The Morgan fingerprint density at radius 2 is 1.67 bits per heavy atom. The van der Waals surface area contributed by atoms with Gasteiger partial charge in [0.1, 0.15) is 0 Å². The van der Waals surface area contributed by atoms with Crippen LogP contribution in [0.2, 0.25) is 0 Å². The zero-order chi connectivity index (χ0) is 28.8. The lowest BCUT2D eigenvalue weighted by atomic mass is 9.92. The Kier molecular flexibility index (Phi) is 14.2. The predicted molar refractivity (Wildman–Crippen MR) is 161 cm³/mol. The summed E-state index contributed by atoms with van der Waals surface area (Å²) in [5, 5.41) is 10.2. The molecule has 0 aliphatic carbocycles. The average Bonchev–Trinajstić information content (AvgIpc) is 3.45. The van der Waals surface area contributed by atoms with E-state index in [-0.39, 0.29) is 29.7 Å². The molecule has 0 unspecified atom stereocenters. The Balaban J connectivity index is 2.14. The second-order valence-electron chi connectivity index (χ2n) is 10.5. The molecule has 1 aromatic carbocycles. The molecule has 216 valence electrons. The highest BCUT2D eigenvalue weighted by molar-refractivity contribution is 7.07. The van der Waals surface area contributed by atoms with E-state index >= 15 is 0 Å². The zero-order valence-corrected chi connectivity index (χ0v) is 25.2. The third-order valence-corrected chi connectivity index (χ3v) is 8.04. The summed E-state index contributed by atoms with van der Waals surface area (Å²) in [6.07, 6.45) is 4.83. The van der Waals surface area contributed by atoms with Gasteiger partial charge in [-0.05, 0) is 72.2 Å². The molecule has 0 saturated heterocycles. The van der Waals surface area contributed by atoms with Crippen molar-refractivity contribution < 1.29 is 14.4 Å². The maximum Gasteiger partial charge on any atom is 0.253 e. The lowest BCUT2D eigenvalue weighted by molar-refractivity contribution is -0.125. The van der Waals surface area contributed by atoms with E-state index in [0.717, 1.165) is 31.2 Å². The van der Waals surface area contributed by atoms with E-state index in [0.29, 0.717) is 49.5 Å². The highest BCUT2D eigenvalue weighted by atomic mass is 32.1. The number of hydrogen-bond acceptors (Lipinski definition) is 5. The van der Waals surface area contributed by atoms with Crippen molar-refractivity contribution in [1.29, 1.82) is 0 Å². The smallest absolute Gasteiger partial charge is 0.253 e. The lowest BCUT2D eigenvalue weighted by Crippen LogP contribution is -2.50. The lowest BCUT2D eigenvalue weighted by Gasteiger charge is -2.27. The highest BCUT2D eigenvalue weighted by Gasteiger charge is 2.26. The number of carbonyl (C=O) groups is 3. The average molecular weight is 557 g/mol. The van der Waals surface area contributed by atoms with E-state index in [9.17, 15) is 14.4 Å². The van der Waals surface area contributed by atoms with Gasteiger partial charge in [-0.1, -0.05) is 53.5 Å². The molecule has 0 radical (unpaired) electrons. The summed E-state index contributed by atoms with van der Waals surface area (Å²) >= 11 is 1.60. The molecule has 1 heterocycles. The van der Waals surface area contributed by atoms with Crippen molar-refractivity contribution in [3.05, 3.63) is 57.8 Å². The Labute approximate surface area is 238 Å². The van der Waals surface area contributed by atoms with Crippen LogP contribution in [0.4, 0.5) is 0 Å². The number of nitrogens with one attached hydrogen (secondary N) is 2. The van der Waals surface area contributed by atoms with Crippen molar-refractivity contribution >= 4 is 29.1 Å². The minimum Gasteiger partial charge on any atom is -0.356 e. The fraction of sp³-hybridized carbons (Fsp3) is 0.581. The topological polar surface area (TPSA) is 105 Å². The molecule has 3 atom stereocenters. The van der Waals surface area contributed by atoms with Crippen molar-refractivity contribution in [1.82, 2.24) is 15.5 Å². The molecule has 1 aromatic heterocycles.